The molecule has 2 amide bonds. The highest BCUT2D eigenvalue weighted by Crippen LogP contribution is 2.36. The molecule has 0 unspecified atom stereocenters. The van der Waals surface area contributed by atoms with Crippen molar-refractivity contribution in [2.75, 3.05) is 32.7 Å². The van der Waals surface area contributed by atoms with E-state index in [-0.39, 0.29) is 30.5 Å². The number of aryl methyl sites for hydroxylation is 1. The van der Waals surface area contributed by atoms with Crippen molar-refractivity contribution in [3.8, 4) is 11.5 Å². The number of amides is 2. The van der Waals surface area contributed by atoms with E-state index < -0.39 is 11.8 Å². The van der Waals surface area contributed by atoms with Gasteiger partial charge in [-0.1, -0.05) is 17.7 Å². The molecular formula is C24H27ClN2O5. The number of ether oxygens (including phenoxy) is 3. The van der Waals surface area contributed by atoms with Crippen LogP contribution in [-0.2, 0) is 14.3 Å². The number of imide groups is 1. The molecule has 8 heteroatoms. The molecule has 7 nitrogen and oxygen atoms in total. The van der Waals surface area contributed by atoms with Crippen LogP contribution in [0.3, 0.4) is 0 Å². The zero-order chi connectivity index (χ0) is 23.4. The SMILES string of the molecule is COc1ccc(C2=C(Nc3ccc(Cl)cc3C)C(=O)N(CCOC(C)C)C2=O)cc1OC. The Balaban J connectivity index is 2.05. The van der Waals surface area contributed by atoms with Crippen LogP contribution in [-0.4, -0.2) is 50.2 Å². The van der Waals surface area contributed by atoms with Crippen molar-refractivity contribution in [2.24, 2.45) is 0 Å². The fraction of sp³-hybridized carbons (Fsp3) is 0.333. The number of nitrogens with zero attached hydrogens (tertiary/aromatic N) is 1. The fourth-order valence-corrected chi connectivity index (χ4v) is 3.66. The van der Waals surface area contributed by atoms with Crippen LogP contribution < -0.4 is 14.8 Å². The monoisotopic (exact) mass is 458 g/mol. The maximum absolute atomic E-state index is 13.3. The van der Waals surface area contributed by atoms with Crippen LogP contribution in [0.2, 0.25) is 5.02 Å². The molecule has 1 aliphatic rings. The van der Waals surface area contributed by atoms with Crippen molar-refractivity contribution < 1.29 is 23.8 Å². The summed E-state index contributed by atoms with van der Waals surface area (Å²) < 4.78 is 16.2. The number of halogens is 1. The van der Waals surface area contributed by atoms with Gasteiger partial charge in [0.05, 0.1) is 39.0 Å². The first kappa shape index (κ1) is 23.6. The molecule has 0 aromatic heterocycles. The molecule has 170 valence electrons. The minimum absolute atomic E-state index is 0.00426. The molecule has 0 saturated heterocycles. The Hall–Kier alpha value is -3.03. The van der Waals surface area contributed by atoms with Crippen molar-refractivity contribution >= 4 is 34.7 Å². The van der Waals surface area contributed by atoms with E-state index in [1.165, 1.54) is 19.1 Å². The van der Waals surface area contributed by atoms with Gasteiger partial charge in [0.1, 0.15) is 5.70 Å². The Labute approximate surface area is 192 Å². The van der Waals surface area contributed by atoms with Crippen molar-refractivity contribution in [3.05, 3.63) is 58.2 Å². The third-order valence-electron chi connectivity index (χ3n) is 5.05. The number of rotatable bonds is 9. The molecule has 32 heavy (non-hydrogen) atoms. The van der Waals surface area contributed by atoms with E-state index in [4.69, 9.17) is 25.8 Å². The molecule has 0 atom stereocenters. The van der Waals surface area contributed by atoms with Gasteiger partial charge in [-0.15, -0.1) is 0 Å². The Kier molecular flexibility index (Phi) is 7.43. The van der Waals surface area contributed by atoms with Gasteiger partial charge in [0.25, 0.3) is 11.8 Å². The van der Waals surface area contributed by atoms with Crippen LogP contribution in [0.25, 0.3) is 5.57 Å². The van der Waals surface area contributed by atoms with Gasteiger partial charge < -0.3 is 19.5 Å². The Morgan fingerprint density at radius 2 is 1.72 bits per heavy atom. The summed E-state index contributed by atoms with van der Waals surface area (Å²) in [5, 5.41) is 3.74. The lowest BCUT2D eigenvalue weighted by Gasteiger charge is -2.17. The summed E-state index contributed by atoms with van der Waals surface area (Å²) in [5.74, 6) is 0.172. The maximum atomic E-state index is 13.3. The van der Waals surface area contributed by atoms with Crippen molar-refractivity contribution in [1.82, 2.24) is 4.90 Å². The lowest BCUT2D eigenvalue weighted by atomic mass is 10.0. The van der Waals surface area contributed by atoms with Crippen LogP contribution in [0.5, 0.6) is 11.5 Å². The largest absolute Gasteiger partial charge is 0.493 e. The third-order valence-corrected chi connectivity index (χ3v) is 5.29. The van der Waals surface area contributed by atoms with E-state index in [2.05, 4.69) is 5.32 Å². The first-order valence-corrected chi connectivity index (χ1v) is 10.6. The number of carbonyl (C=O) groups excluding carboxylic acids is 2. The lowest BCUT2D eigenvalue weighted by Crippen LogP contribution is -2.35. The van der Waals surface area contributed by atoms with Crippen LogP contribution in [0.15, 0.2) is 42.1 Å². The number of benzene rings is 2. The zero-order valence-corrected chi connectivity index (χ0v) is 19.6. The van der Waals surface area contributed by atoms with Crippen molar-refractivity contribution in [2.45, 2.75) is 26.9 Å². The van der Waals surface area contributed by atoms with E-state index in [0.717, 1.165) is 5.56 Å². The minimum Gasteiger partial charge on any atom is -0.493 e. The molecule has 0 fully saturated rings. The Bertz CT molecular complexity index is 1060. The molecule has 0 saturated carbocycles. The predicted molar refractivity (Wildman–Crippen MR) is 124 cm³/mol. The molecule has 2 aromatic carbocycles. The number of hydrogen-bond acceptors (Lipinski definition) is 6. The molecule has 2 aromatic rings. The molecule has 0 radical (unpaired) electrons. The summed E-state index contributed by atoms with van der Waals surface area (Å²) in [4.78, 5) is 27.8. The fourth-order valence-electron chi connectivity index (χ4n) is 3.44. The third kappa shape index (κ3) is 4.89. The van der Waals surface area contributed by atoms with Gasteiger partial charge in [-0.3, -0.25) is 14.5 Å². The zero-order valence-electron chi connectivity index (χ0n) is 18.8. The highest BCUT2D eigenvalue weighted by Gasteiger charge is 2.39. The van der Waals surface area contributed by atoms with Crippen LogP contribution in [0, 0.1) is 6.92 Å². The number of nitrogens with one attached hydrogen (secondary N) is 1. The first-order chi connectivity index (χ1) is 15.3. The van der Waals surface area contributed by atoms with Crippen LogP contribution in [0.4, 0.5) is 5.69 Å². The smallest absolute Gasteiger partial charge is 0.278 e. The Morgan fingerprint density at radius 3 is 2.34 bits per heavy atom. The molecule has 1 heterocycles. The lowest BCUT2D eigenvalue weighted by molar-refractivity contribution is -0.137. The molecule has 0 spiro atoms. The topological polar surface area (TPSA) is 77.1 Å². The summed E-state index contributed by atoms with van der Waals surface area (Å²) in [6.45, 7) is 6.08. The van der Waals surface area contributed by atoms with Gasteiger partial charge in [-0.25, -0.2) is 0 Å². The van der Waals surface area contributed by atoms with Gasteiger partial charge in [0.15, 0.2) is 11.5 Å². The molecule has 1 N–H and O–H groups in total. The highest BCUT2D eigenvalue weighted by molar-refractivity contribution is 6.36. The second-order valence-corrected chi connectivity index (χ2v) is 8.02. The number of anilines is 1. The van der Waals surface area contributed by atoms with E-state index in [1.54, 1.807) is 36.4 Å². The number of carbonyl (C=O) groups is 2. The second-order valence-electron chi connectivity index (χ2n) is 7.59. The summed E-state index contributed by atoms with van der Waals surface area (Å²) >= 11 is 6.07. The normalized spacial score (nSPS) is 13.9. The van der Waals surface area contributed by atoms with E-state index in [1.807, 2.05) is 20.8 Å². The molecule has 1 aliphatic heterocycles. The minimum atomic E-state index is -0.415. The van der Waals surface area contributed by atoms with E-state index in [0.29, 0.717) is 27.8 Å². The second kappa shape index (κ2) is 10.1. The van der Waals surface area contributed by atoms with Gasteiger partial charge >= 0.3 is 0 Å². The van der Waals surface area contributed by atoms with Gasteiger partial charge in [0, 0.05) is 10.7 Å². The average molecular weight is 459 g/mol. The van der Waals surface area contributed by atoms with Crippen molar-refractivity contribution in [3.63, 3.8) is 0 Å². The summed E-state index contributed by atoms with van der Waals surface area (Å²) in [7, 11) is 3.05. The standard InChI is InChI=1S/C24H27ClN2O5/c1-14(2)32-11-10-27-23(28)21(16-6-9-19(30-4)20(13-16)31-5)22(24(27)29)26-18-8-7-17(25)12-15(18)3/h6-9,12-14,26H,10-11H2,1-5H3. The first-order valence-electron chi connectivity index (χ1n) is 10.2. The maximum Gasteiger partial charge on any atom is 0.278 e. The molecular weight excluding hydrogens is 432 g/mol. The van der Waals surface area contributed by atoms with Gasteiger partial charge in [0.2, 0.25) is 0 Å². The van der Waals surface area contributed by atoms with Crippen LogP contribution in [0.1, 0.15) is 25.0 Å². The van der Waals surface area contributed by atoms with Crippen LogP contribution >= 0.6 is 11.6 Å². The van der Waals surface area contributed by atoms with E-state index in [9.17, 15) is 9.59 Å². The molecule has 0 bridgehead atoms. The quantitative estimate of drug-likeness (QED) is 0.565. The Morgan fingerprint density at radius 1 is 1.00 bits per heavy atom. The number of methoxy groups -OCH3 is 2. The number of hydrogen-bond donors (Lipinski definition) is 1. The molecule has 0 aliphatic carbocycles. The van der Waals surface area contributed by atoms with E-state index >= 15 is 0 Å². The van der Waals surface area contributed by atoms with Gasteiger partial charge in [-0.2, -0.15) is 0 Å². The molecule has 3 rings (SSSR count). The van der Waals surface area contributed by atoms with Crippen molar-refractivity contribution in [1.29, 1.82) is 0 Å². The highest BCUT2D eigenvalue weighted by atomic mass is 35.5. The predicted octanol–water partition coefficient (Wildman–Crippen LogP) is 4.28. The summed E-state index contributed by atoms with van der Waals surface area (Å²) in [5.41, 5.74) is 2.52. The average Bonchev–Trinajstić information content (AvgIpc) is 2.99. The summed E-state index contributed by atoms with van der Waals surface area (Å²) in [6.07, 6.45) is -0.00426. The summed E-state index contributed by atoms with van der Waals surface area (Å²) in [6, 6.07) is 10.4. The van der Waals surface area contributed by atoms with Gasteiger partial charge in [-0.05, 0) is 62.2 Å².